The van der Waals surface area contributed by atoms with Gasteiger partial charge in [0.15, 0.2) is 11.5 Å². The Kier molecular flexibility index (Phi) is 2.40. The maximum atomic E-state index is 11.0. The number of rotatable bonds is 2. The molecule has 0 bridgehead atoms. The maximum absolute atomic E-state index is 11.0. The number of benzene rings is 1. The van der Waals surface area contributed by atoms with E-state index in [0.717, 1.165) is 0 Å². The van der Waals surface area contributed by atoms with Crippen LogP contribution >= 0.6 is 0 Å². The van der Waals surface area contributed by atoms with E-state index < -0.39 is 5.97 Å². The second-order valence-electron chi connectivity index (χ2n) is 3.24. The first-order valence-corrected chi connectivity index (χ1v) is 4.52. The normalized spacial score (nSPS) is 12.3. The minimum absolute atomic E-state index is 0.0283. The molecule has 1 amide bonds. The molecular weight excluding hydrogens is 214 g/mol. The highest BCUT2D eigenvalue weighted by Gasteiger charge is 2.20. The Bertz CT molecular complexity index is 469. The molecule has 2 N–H and O–H groups in total. The third-order valence-corrected chi connectivity index (χ3v) is 2.05. The van der Waals surface area contributed by atoms with E-state index in [9.17, 15) is 9.59 Å². The van der Waals surface area contributed by atoms with Crippen molar-refractivity contribution in [3.63, 3.8) is 0 Å². The molecule has 6 nitrogen and oxygen atoms in total. The van der Waals surface area contributed by atoms with E-state index >= 15 is 0 Å². The highest BCUT2D eigenvalue weighted by molar-refractivity contribution is 6.00. The highest BCUT2D eigenvalue weighted by atomic mass is 16.7. The topological polar surface area (TPSA) is 84.9 Å². The molecule has 0 radical (unpaired) electrons. The average Bonchev–Trinajstić information content (AvgIpc) is 2.62. The van der Waals surface area contributed by atoms with Crippen molar-refractivity contribution < 1.29 is 24.2 Å². The highest BCUT2D eigenvalue weighted by Crippen LogP contribution is 2.37. The van der Waals surface area contributed by atoms with Gasteiger partial charge in [-0.05, 0) is 0 Å². The number of nitrogens with one attached hydrogen (secondary N) is 1. The van der Waals surface area contributed by atoms with E-state index in [-0.39, 0.29) is 24.0 Å². The number of fused-ring (bicyclic) bond motifs is 1. The lowest BCUT2D eigenvalue weighted by Crippen LogP contribution is -2.10. The summed E-state index contributed by atoms with van der Waals surface area (Å²) in [7, 11) is 0. The van der Waals surface area contributed by atoms with Crippen LogP contribution in [0.5, 0.6) is 11.5 Å². The summed E-state index contributed by atoms with van der Waals surface area (Å²) in [6, 6.07) is 2.77. The maximum Gasteiger partial charge on any atom is 0.337 e. The molecule has 16 heavy (non-hydrogen) atoms. The number of carbonyl (C=O) groups excluding carboxylic acids is 1. The quantitative estimate of drug-likeness (QED) is 0.783. The SMILES string of the molecule is CC(=O)Nc1cc2c(cc1C(=O)O)OCO2. The van der Waals surface area contributed by atoms with Gasteiger partial charge in [0, 0.05) is 19.1 Å². The summed E-state index contributed by atoms with van der Waals surface area (Å²) in [6.07, 6.45) is 0. The Hall–Kier alpha value is -2.24. The second kappa shape index (κ2) is 3.73. The number of anilines is 1. The number of hydrogen-bond donors (Lipinski definition) is 2. The van der Waals surface area contributed by atoms with E-state index in [1.165, 1.54) is 19.1 Å². The van der Waals surface area contributed by atoms with E-state index in [1.54, 1.807) is 0 Å². The van der Waals surface area contributed by atoms with Gasteiger partial charge in [-0.15, -0.1) is 0 Å². The summed E-state index contributed by atoms with van der Waals surface area (Å²) in [5.41, 5.74) is 0.170. The van der Waals surface area contributed by atoms with Crippen molar-refractivity contribution in [2.75, 3.05) is 12.1 Å². The number of hydrogen-bond acceptors (Lipinski definition) is 4. The van der Waals surface area contributed by atoms with E-state index in [2.05, 4.69) is 5.32 Å². The molecule has 84 valence electrons. The van der Waals surface area contributed by atoms with Crippen LogP contribution in [0.3, 0.4) is 0 Å². The first-order chi connectivity index (χ1) is 7.58. The van der Waals surface area contributed by atoms with Crippen LogP contribution in [0.15, 0.2) is 12.1 Å². The number of amides is 1. The van der Waals surface area contributed by atoms with Crippen molar-refractivity contribution in [2.45, 2.75) is 6.92 Å². The standard InChI is InChI=1S/C10H9NO5/c1-5(12)11-7-3-9-8(15-4-16-9)2-6(7)10(13)14/h2-3H,4H2,1H3,(H,11,12)(H,13,14). The van der Waals surface area contributed by atoms with Gasteiger partial charge >= 0.3 is 5.97 Å². The third kappa shape index (κ3) is 1.77. The van der Waals surface area contributed by atoms with Gasteiger partial charge in [0.1, 0.15) is 0 Å². The first-order valence-electron chi connectivity index (χ1n) is 4.52. The summed E-state index contributed by atoms with van der Waals surface area (Å²) in [6.45, 7) is 1.36. The zero-order valence-electron chi connectivity index (χ0n) is 8.44. The molecule has 1 heterocycles. The Morgan fingerprint density at radius 1 is 1.31 bits per heavy atom. The Morgan fingerprint density at radius 2 is 1.94 bits per heavy atom. The molecule has 0 saturated carbocycles. The van der Waals surface area contributed by atoms with Crippen molar-refractivity contribution in [1.29, 1.82) is 0 Å². The second-order valence-corrected chi connectivity index (χ2v) is 3.24. The van der Waals surface area contributed by atoms with Crippen LogP contribution in [0.2, 0.25) is 0 Å². The van der Waals surface area contributed by atoms with Crippen molar-refractivity contribution in [1.82, 2.24) is 0 Å². The van der Waals surface area contributed by atoms with Crippen LogP contribution in [0, 0.1) is 0 Å². The van der Waals surface area contributed by atoms with Crippen LogP contribution in [0.1, 0.15) is 17.3 Å². The lowest BCUT2D eigenvalue weighted by atomic mass is 10.1. The van der Waals surface area contributed by atoms with Crippen LogP contribution in [-0.4, -0.2) is 23.8 Å². The minimum Gasteiger partial charge on any atom is -0.478 e. The molecule has 2 rings (SSSR count). The van der Waals surface area contributed by atoms with Crippen LogP contribution < -0.4 is 14.8 Å². The van der Waals surface area contributed by atoms with Gasteiger partial charge in [0.05, 0.1) is 11.3 Å². The predicted octanol–water partition coefficient (Wildman–Crippen LogP) is 1.07. The van der Waals surface area contributed by atoms with Crippen molar-refractivity contribution >= 4 is 17.6 Å². The molecule has 1 aliphatic rings. The van der Waals surface area contributed by atoms with Gasteiger partial charge < -0.3 is 19.9 Å². The van der Waals surface area contributed by atoms with Gasteiger partial charge in [-0.25, -0.2) is 4.79 Å². The van der Waals surface area contributed by atoms with Gasteiger partial charge in [-0.2, -0.15) is 0 Å². The van der Waals surface area contributed by atoms with Crippen LogP contribution in [0.4, 0.5) is 5.69 Å². The Balaban J connectivity index is 2.48. The molecule has 0 aromatic heterocycles. The zero-order chi connectivity index (χ0) is 11.7. The molecule has 6 heteroatoms. The Labute approximate surface area is 90.8 Å². The fourth-order valence-electron chi connectivity index (χ4n) is 1.41. The molecule has 0 unspecified atom stereocenters. The molecule has 1 aromatic carbocycles. The van der Waals surface area contributed by atoms with Crippen molar-refractivity contribution in [2.24, 2.45) is 0 Å². The van der Waals surface area contributed by atoms with Crippen LogP contribution in [-0.2, 0) is 4.79 Å². The van der Waals surface area contributed by atoms with Crippen LogP contribution in [0.25, 0.3) is 0 Å². The predicted molar refractivity (Wildman–Crippen MR) is 53.8 cm³/mol. The lowest BCUT2D eigenvalue weighted by Gasteiger charge is -2.07. The van der Waals surface area contributed by atoms with Gasteiger partial charge in [-0.1, -0.05) is 0 Å². The van der Waals surface area contributed by atoms with E-state index in [1.807, 2.05) is 0 Å². The number of carbonyl (C=O) groups is 2. The van der Waals surface area contributed by atoms with Gasteiger partial charge in [-0.3, -0.25) is 4.79 Å². The van der Waals surface area contributed by atoms with E-state index in [0.29, 0.717) is 11.5 Å². The summed E-state index contributed by atoms with van der Waals surface area (Å²) >= 11 is 0. The summed E-state index contributed by atoms with van der Waals surface area (Å²) in [4.78, 5) is 21.9. The van der Waals surface area contributed by atoms with Crippen molar-refractivity contribution in [3.05, 3.63) is 17.7 Å². The lowest BCUT2D eigenvalue weighted by molar-refractivity contribution is -0.114. The first kappa shape index (κ1) is 10.3. The summed E-state index contributed by atoms with van der Waals surface area (Å²) in [5.74, 6) is -0.691. The molecular formula is C10H9NO5. The number of carboxylic acids is 1. The molecule has 1 aliphatic heterocycles. The fourth-order valence-corrected chi connectivity index (χ4v) is 1.41. The third-order valence-electron chi connectivity index (χ3n) is 2.05. The number of carboxylic acid groups (broad SMARTS) is 1. The van der Waals surface area contributed by atoms with Gasteiger partial charge in [0.25, 0.3) is 0 Å². The largest absolute Gasteiger partial charge is 0.478 e. The number of aromatic carboxylic acids is 1. The summed E-state index contributed by atoms with van der Waals surface area (Å²) < 4.78 is 10.1. The molecule has 0 saturated heterocycles. The van der Waals surface area contributed by atoms with E-state index in [4.69, 9.17) is 14.6 Å². The Morgan fingerprint density at radius 3 is 2.50 bits per heavy atom. The molecule has 1 aromatic rings. The minimum atomic E-state index is -1.14. The molecule has 0 aliphatic carbocycles. The van der Waals surface area contributed by atoms with Crippen molar-refractivity contribution in [3.8, 4) is 11.5 Å². The zero-order valence-corrected chi connectivity index (χ0v) is 8.44. The van der Waals surface area contributed by atoms with Gasteiger partial charge in [0.2, 0.25) is 12.7 Å². The monoisotopic (exact) mass is 223 g/mol. The molecule has 0 atom stereocenters. The number of ether oxygens (including phenoxy) is 2. The summed E-state index contributed by atoms with van der Waals surface area (Å²) in [5, 5.41) is 11.4. The smallest absolute Gasteiger partial charge is 0.337 e. The fraction of sp³-hybridized carbons (Fsp3) is 0.200. The molecule has 0 fully saturated rings. The molecule has 0 spiro atoms. The average molecular weight is 223 g/mol.